The zero-order valence-corrected chi connectivity index (χ0v) is 19.4. The van der Waals surface area contributed by atoms with Crippen molar-refractivity contribution >= 4 is 46.4 Å². The molecular weight excluding hydrogens is 488 g/mol. The third-order valence-electron chi connectivity index (χ3n) is 4.54. The van der Waals surface area contributed by atoms with Crippen molar-refractivity contribution in [1.82, 2.24) is 15.6 Å². The molecule has 0 amide bonds. The second-order valence-electron chi connectivity index (χ2n) is 6.59. The van der Waals surface area contributed by atoms with E-state index in [9.17, 15) is 4.39 Å². The van der Waals surface area contributed by atoms with E-state index >= 15 is 0 Å². The third-order valence-corrected chi connectivity index (χ3v) is 5.49. The molecule has 1 aromatic carbocycles. The molecule has 1 aliphatic rings. The van der Waals surface area contributed by atoms with Gasteiger partial charge < -0.3 is 15.5 Å². The molecule has 0 atom stereocenters. The van der Waals surface area contributed by atoms with Gasteiger partial charge in [0.2, 0.25) is 0 Å². The molecule has 0 bridgehead atoms. The SMILES string of the molecule is CCNC(=NCCc1csc(N2CCCC2)n1)NCCc1ccccc1F.I. The number of hydrogen-bond donors (Lipinski definition) is 2. The molecule has 0 aliphatic carbocycles. The van der Waals surface area contributed by atoms with Gasteiger partial charge in [-0.3, -0.25) is 4.99 Å². The number of nitrogens with zero attached hydrogens (tertiary/aromatic N) is 3. The molecule has 1 aromatic heterocycles. The average molecular weight is 517 g/mol. The number of aromatic nitrogens is 1. The van der Waals surface area contributed by atoms with Crippen LogP contribution in [-0.2, 0) is 12.8 Å². The van der Waals surface area contributed by atoms with Gasteiger partial charge in [0.25, 0.3) is 0 Å². The number of rotatable bonds is 8. The van der Waals surface area contributed by atoms with Crippen LogP contribution in [-0.4, -0.2) is 43.7 Å². The fraction of sp³-hybridized carbons (Fsp3) is 0.500. The molecule has 8 heteroatoms. The molecule has 2 N–H and O–H groups in total. The highest BCUT2D eigenvalue weighted by molar-refractivity contribution is 14.0. The quantitative estimate of drug-likeness (QED) is 0.318. The van der Waals surface area contributed by atoms with Crippen LogP contribution in [0.25, 0.3) is 0 Å². The van der Waals surface area contributed by atoms with Crippen molar-refractivity contribution in [3.63, 3.8) is 0 Å². The Balaban J connectivity index is 0.00000280. The van der Waals surface area contributed by atoms with Gasteiger partial charge in [-0.15, -0.1) is 35.3 Å². The van der Waals surface area contributed by atoms with Crippen LogP contribution >= 0.6 is 35.3 Å². The highest BCUT2D eigenvalue weighted by Crippen LogP contribution is 2.24. The molecule has 0 spiro atoms. The van der Waals surface area contributed by atoms with E-state index < -0.39 is 0 Å². The van der Waals surface area contributed by atoms with Gasteiger partial charge in [-0.05, 0) is 37.8 Å². The lowest BCUT2D eigenvalue weighted by atomic mass is 10.1. The molecule has 0 radical (unpaired) electrons. The number of hydrogen-bond acceptors (Lipinski definition) is 4. The lowest BCUT2D eigenvalue weighted by Crippen LogP contribution is -2.38. The van der Waals surface area contributed by atoms with Gasteiger partial charge in [-0.1, -0.05) is 18.2 Å². The second kappa shape index (κ2) is 12.2. The molecule has 0 unspecified atom stereocenters. The van der Waals surface area contributed by atoms with E-state index in [4.69, 9.17) is 4.98 Å². The summed E-state index contributed by atoms with van der Waals surface area (Å²) in [5.41, 5.74) is 1.82. The second-order valence-corrected chi connectivity index (χ2v) is 7.43. The normalized spacial score (nSPS) is 14.1. The van der Waals surface area contributed by atoms with Crippen LogP contribution in [0.15, 0.2) is 34.6 Å². The van der Waals surface area contributed by atoms with Crippen LogP contribution in [0.2, 0.25) is 0 Å². The maximum Gasteiger partial charge on any atom is 0.191 e. The molecule has 28 heavy (non-hydrogen) atoms. The van der Waals surface area contributed by atoms with E-state index in [-0.39, 0.29) is 29.8 Å². The molecule has 5 nitrogen and oxygen atoms in total. The van der Waals surface area contributed by atoms with Gasteiger partial charge in [-0.25, -0.2) is 9.37 Å². The summed E-state index contributed by atoms with van der Waals surface area (Å²) in [7, 11) is 0. The van der Waals surface area contributed by atoms with Crippen LogP contribution in [0, 0.1) is 5.82 Å². The van der Waals surface area contributed by atoms with Crippen molar-refractivity contribution in [2.45, 2.75) is 32.6 Å². The first-order valence-corrected chi connectivity index (χ1v) is 10.6. The monoisotopic (exact) mass is 517 g/mol. The van der Waals surface area contributed by atoms with Crippen LogP contribution in [0.1, 0.15) is 31.0 Å². The first kappa shape index (κ1) is 22.9. The van der Waals surface area contributed by atoms with Gasteiger partial charge in [0, 0.05) is 44.5 Å². The van der Waals surface area contributed by atoms with E-state index in [1.807, 2.05) is 19.1 Å². The first-order chi connectivity index (χ1) is 13.3. The zero-order chi connectivity index (χ0) is 18.9. The fourth-order valence-electron chi connectivity index (χ4n) is 3.11. The van der Waals surface area contributed by atoms with E-state index in [1.165, 1.54) is 18.9 Å². The van der Waals surface area contributed by atoms with Crippen molar-refractivity contribution in [2.75, 3.05) is 37.6 Å². The summed E-state index contributed by atoms with van der Waals surface area (Å²) in [4.78, 5) is 11.7. The number of guanidine groups is 1. The Labute approximate surface area is 187 Å². The Kier molecular flexibility index (Phi) is 9.97. The van der Waals surface area contributed by atoms with Crippen molar-refractivity contribution in [1.29, 1.82) is 0 Å². The molecular formula is C20H29FIN5S. The summed E-state index contributed by atoms with van der Waals surface area (Å²) < 4.78 is 13.7. The Hall–Kier alpha value is -1.42. The summed E-state index contributed by atoms with van der Waals surface area (Å²) in [5.74, 6) is 0.613. The first-order valence-electron chi connectivity index (χ1n) is 9.71. The number of benzene rings is 1. The predicted octanol–water partition coefficient (Wildman–Crippen LogP) is 3.84. The summed E-state index contributed by atoms with van der Waals surface area (Å²) >= 11 is 1.73. The number of aliphatic imine (C=N–C) groups is 1. The Morgan fingerprint density at radius 1 is 1.21 bits per heavy atom. The van der Waals surface area contributed by atoms with Gasteiger partial charge >= 0.3 is 0 Å². The number of halogens is 2. The predicted molar refractivity (Wildman–Crippen MR) is 127 cm³/mol. The summed E-state index contributed by atoms with van der Waals surface area (Å²) in [6.45, 7) is 6.40. The smallest absolute Gasteiger partial charge is 0.191 e. The van der Waals surface area contributed by atoms with Gasteiger partial charge in [0.15, 0.2) is 11.1 Å². The van der Waals surface area contributed by atoms with Crippen molar-refractivity contribution in [3.8, 4) is 0 Å². The van der Waals surface area contributed by atoms with E-state index in [1.54, 1.807) is 17.4 Å². The minimum Gasteiger partial charge on any atom is -0.357 e. The Bertz CT molecular complexity index is 746. The molecule has 0 saturated carbocycles. The van der Waals surface area contributed by atoms with Crippen molar-refractivity contribution in [3.05, 3.63) is 46.7 Å². The van der Waals surface area contributed by atoms with Gasteiger partial charge in [-0.2, -0.15) is 0 Å². The topological polar surface area (TPSA) is 52.6 Å². The van der Waals surface area contributed by atoms with Crippen LogP contribution < -0.4 is 15.5 Å². The minimum atomic E-state index is -0.154. The van der Waals surface area contributed by atoms with E-state index in [0.29, 0.717) is 19.5 Å². The minimum absolute atomic E-state index is 0. The lowest BCUT2D eigenvalue weighted by molar-refractivity contribution is 0.606. The Morgan fingerprint density at radius 2 is 2.00 bits per heavy atom. The Morgan fingerprint density at radius 3 is 2.75 bits per heavy atom. The molecule has 1 saturated heterocycles. The molecule has 1 fully saturated rings. The highest BCUT2D eigenvalue weighted by Gasteiger charge is 2.15. The fourth-order valence-corrected chi connectivity index (χ4v) is 4.02. The van der Waals surface area contributed by atoms with Crippen molar-refractivity contribution < 1.29 is 4.39 Å². The third kappa shape index (κ3) is 6.88. The molecule has 154 valence electrons. The summed E-state index contributed by atoms with van der Waals surface area (Å²) in [6, 6.07) is 6.90. The summed E-state index contributed by atoms with van der Waals surface area (Å²) in [5, 5.41) is 9.80. The van der Waals surface area contributed by atoms with Gasteiger partial charge in [0.05, 0.1) is 5.69 Å². The number of thiazole rings is 1. The van der Waals surface area contributed by atoms with Crippen LogP contribution in [0.4, 0.5) is 9.52 Å². The van der Waals surface area contributed by atoms with Gasteiger partial charge in [0.1, 0.15) is 5.82 Å². The largest absolute Gasteiger partial charge is 0.357 e. The molecule has 1 aliphatic heterocycles. The van der Waals surface area contributed by atoms with Crippen LogP contribution in [0.3, 0.4) is 0 Å². The summed E-state index contributed by atoms with van der Waals surface area (Å²) in [6.07, 6.45) is 3.99. The van der Waals surface area contributed by atoms with E-state index in [0.717, 1.165) is 48.4 Å². The van der Waals surface area contributed by atoms with Crippen molar-refractivity contribution in [2.24, 2.45) is 4.99 Å². The molecule has 2 heterocycles. The highest BCUT2D eigenvalue weighted by atomic mass is 127. The zero-order valence-electron chi connectivity index (χ0n) is 16.3. The lowest BCUT2D eigenvalue weighted by Gasteiger charge is -2.12. The van der Waals surface area contributed by atoms with Crippen LogP contribution in [0.5, 0.6) is 0 Å². The maximum atomic E-state index is 13.7. The van der Waals surface area contributed by atoms with E-state index in [2.05, 4.69) is 25.9 Å². The average Bonchev–Trinajstić information content (AvgIpc) is 3.35. The molecule has 2 aromatic rings. The number of anilines is 1. The maximum absolute atomic E-state index is 13.7. The molecule has 3 rings (SSSR count). The standard InChI is InChI=1S/C20H28FN5S.HI/c1-2-22-19(23-11-9-16-7-3-4-8-18(16)21)24-12-10-17-15-27-20(25-17)26-13-5-6-14-26;/h3-4,7-8,15H,2,5-6,9-14H2,1H3,(H2,22,23,24);1H. The number of nitrogens with one attached hydrogen (secondary N) is 2.